The van der Waals surface area contributed by atoms with Gasteiger partial charge in [0.15, 0.2) is 0 Å². The number of anilines is 1. The number of rotatable bonds is 7. The molecule has 0 radical (unpaired) electrons. The molecule has 0 N–H and O–H groups in total. The highest BCUT2D eigenvalue weighted by atomic mass is 16.5. The van der Waals surface area contributed by atoms with Gasteiger partial charge in [-0.1, -0.05) is 18.2 Å². The topological polar surface area (TPSA) is 45.5 Å². The van der Waals surface area contributed by atoms with Crippen molar-refractivity contribution in [3.05, 3.63) is 54.1 Å². The van der Waals surface area contributed by atoms with Crippen LogP contribution in [0.2, 0.25) is 0 Å². The molecule has 0 amide bonds. The Balaban J connectivity index is 1.93. The summed E-state index contributed by atoms with van der Waals surface area (Å²) in [6.07, 6.45) is 0.648. The lowest BCUT2D eigenvalue weighted by atomic mass is 9.97. The predicted octanol–water partition coefficient (Wildman–Crippen LogP) is 3.84. The molecule has 0 aliphatic rings. The van der Waals surface area contributed by atoms with Crippen molar-refractivity contribution in [3.63, 3.8) is 0 Å². The summed E-state index contributed by atoms with van der Waals surface area (Å²) in [6, 6.07) is 17.9. The quantitative estimate of drug-likeness (QED) is 0.779. The van der Waals surface area contributed by atoms with E-state index < -0.39 is 0 Å². The van der Waals surface area contributed by atoms with Crippen molar-refractivity contribution in [2.24, 2.45) is 0 Å². The summed E-state index contributed by atoms with van der Waals surface area (Å²) in [5.74, 6) is 1.35. The van der Waals surface area contributed by atoms with E-state index in [1.54, 1.807) is 7.11 Å². The average Bonchev–Trinajstić information content (AvgIpc) is 2.59. The molecule has 1 unspecified atom stereocenters. The molecule has 4 heteroatoms. The van der Waals surface area contributed by atoms with Crippen LogP contribution in [0.3, 0.4) is 0 Å². The summed E-state index contributed by atoms with van der Waals surface area (Å²) in [4.78, 5) is 2.04. The molecule has 1 atom stereocenters. The molecular formula is C19H22N2O2. The second kappa shape index (κ2) is 8.09. The van der Waals surface area contributed by atoms with Gasteiger partial charge in [0.2, 0.25) is 0 Å². The fraction of sp³-hybridized carbons (Fsp3) is 0.316. The molecule has 0 aliphatic carbocycles. The van der Waals surface area contributed by atoms with E-state index in [9.17, 15) is 5.26 Å². The van der Waals surface area contributed by atoms with Gasteiger partial charge in [0.1, 0.15) is 11.5 Å². The minimum atomic E-state index is -0.170. The fourth-order valence-electron chi connectivity index (χ4n) is 2.30. The highest BCUT2D eigenvalue weighted by Crippen LogP contribution is 2.23. The first-order valence-electron chi connectivity index (χ1n) is 7.58. The summed E-state index contributed by atoms with van der Waals surface area (Å²) in [5, 5.41) is 9.40. The standard InChI is InChI=1S/C19H22N2O2/c1-21(2)17-9-7-15(8-10-17)16(14-20)11-12-23-19-6-4-5-18(13-19)22-3/h4-10,13,16H,11-12H2,1-3H3. The highest BCUT2D eigenvalue weighted by Gasteiger charge is 2.11. The van der Waals surface area contributed by atoms with Crippen LogP contribution in [0, 0.1) is 11.3 Å². The number of nitrogens with zero attached hydrogens (tertiary/aromatic N) is 2. The van der Waals surface area contributed by atoms with E-state index in [0.29, 0.717) is 13.0 Å². The molecule has 23 heavy (non-hydrogen) atoms. The van der Waals surface area contributed by atoms with Crippen molar-refractivity contribution in [1.29, 1.82) is 5.26 Å². The summed E-state index contributed by atoms with van der Waals surface area (Å²) < 4.78 is 10.9. The maximum atomic E-state index is 9.40. The van der Waals surface area contributed by atoms with Crippen molar-refractivity contribution in [2.75, 3.05) is 32.7 Å². The zero-order chi connectivity index (χ0) is 16.7. The van der Waals surface area contributed by atoms with Crippen LogP contribution in [-0.2, 0) is 0 Å². The van der Waals surface area contributed by atoms with Crippen molar-refractivity contribution in [3.8, 4) is 17.6 Å². The van der Waals surface area contributed by atoms with E-state index >= 15 is 0 Å². The Labute approximate surface area is 137 Å². The molecule has 0 heterocycles. The van der Waals surface area contributed by atoms with Crippen molar-refractivity contribution in [2.45, 2.75) is 12.3 Å². The van der Waals surface area contributed by atoms with Crippen LogP contribution in [0.25, 0.3) is 0 Å². The van der Waals surface area contributed by atoms with Crippen molar-refractivity contribution >= 4 is 5.69 Å². The third-order valence-corrected chi connectivity index (χ3v) is 3.68. The molecule has 0 bridgehead atoms. The third kappa shape index (κ3) is 4.65. The molecule has 0 fully saturated rings. The Morgan fingerprint density at radius 2 is 1.78 bits per heavy atom. The second-order valence-corrected chi connectivity index (χ2v) is 5.48. The fourth-order valence-corrected chi connectivity index (χ4v) is 2.30. The van der Waals surface area contributed by atoms with Gasteiger partial charge in [-0.25, -0.2) is 0 Å². The van der Waals surface area contributed by atoms with Gasteiger partial charge in [0.25, 0.3) is 0 Å². The summed E-state index contributed by atoms with van der Waals surface area (Å²) in [7, 11) is 5.62. The Morgan fingerprint density at radius 1 is 1.09 bits per heavy atom. The molecule has 0 spiro atoms. The maximum absolute atomic E-state index is 9.40. The molecule has 0 aliphatic heterocycles. The van der Waals surface area contributed by atoms with Crippen LogP contribution in [0.1, 0.15) is 17.9 Å². The molecule has 0 saturated heterocycles. The van der Waals surface area contributed by atoms with E-state index in [2.05, 4.69) is 6.07 Å². The molecule has 2 aromatic rings. The van der Waals surface area contributed by atoms with E-state index in [0.717, 1.165) is 22.7 Å². The van der Waals surface area contributed by atoms with Crippen LogP contribution in [0.5, 0.6) is 11.5 Å². The maximum Gasteiger partial charge on any atom is 0.122 e. The Kier molecular flexibility index (Phi) is 5.87. The van der Waals surface area contributed by atoms with Gasteiger partial charge in [-0.15, -0.1) is 0 Å². The minimum absolute atomic E-state index is 0.170. The first-order chi connectivity index (χ1) is 11.1. The van der Waals surface area contributed by atoms with Crippen LogP contribution in [0.4, 0.5) is 5.69 Å². The van der Waals surface area contributed by atoms with Crippen molar-refractivity contribution in [1.82, 2.24) is 0 Å². The molecular weight excluding hydrogens is 288 g/mol. The SMILES string of the molecule is COc1cccc(OCCC(C#N)c2ccc(N(C)C)cc2)c1. The van der Waals surface area contributed by atoms with Gasteiger partial charge in [-0.2, -0.15) is 5.26 Å². The van der Waals surface area contributed by atoms with Crippen LogP contribution < -0.4 is 14.4 Å². The zero-order valence-electron chi connectivity index (χ0n) is 13.8. The lowest BCUT2D eigenvalue weighted by Gasteiger charge is -2.15. The first kappa shape index (κ1) is 16.7. The Morgan fingerprint density at radius 3 is 2.39 bits per heavy atom. The van der Waals surface area contributed by atoms with E-state index in [-0.39, 0.29) is 5.92 Å². The molecule has 0 aromatic heterocycles. The molecule has 0 saturated carbocycles. The lowest BCUT2D eigenvalue weighted by Crippen LogP contribution is -2.09. The van der Waals surface area contributed by atoms with Crippen LogP contribution in [0.15, 0.2) is 48.5 Å². The normalized spacial score (nSPS) is 11.4. The number of hydrogen-bond donors (Lipinski definition) is 0. The monoisotopic (exact) mass is 310 g/mol. The van der Waals surface area contributed by atoms with Crippen LogP contribution >= 0.6 is 0 Å². The van der Waals surface area contributed by atoms with E-state index in [4.69, 9.17) is 9.47 Å². The Bertz CT molecular complexity index is 660. The van der Waals surface area contributed by atoms with Gasteiger partial charge in [-0.05, 0) is 29.8 Å². The highest BCUT2D eigenvalue weighted by molar-refractivity contribution is 5.47. The zero-order valence-corrected chi connectivity index (χ0v) is 13.8. The van der Waals surface area contributed by atoms with E-state index in [1.165, 1.54) is 0 Å². The summed E-state index contributed by atoms with van der Waals surface area (Å²) in [6.45, 7) is 0.487. The van der Waals surface area contributed by atoms with Gasteiger partial charge in [-0.3, -0.25) is 0 Å². The smallest absolute Gasteiger partial charge is 0.122 e. The van der Waals surface area contributed by atoms with Gasteiger partial charge >= 0.3 is 0 Å². The lowest BCUT2D eigenvalue weighted by molar-refractivity contribution is 0.303. The second-order valence-electron chi connectivity index (χ2n) is 5.48. The number of ether oxygens (including phenoxy) is 2. The summed E-state index contributed by atoms with van der Waals surface area (Å²) >= 11 is 0. The number of hydrogen-bond acceptors (Lipinski definition) is 4. The summed E-state index contributed by atoms with van der Waals surface area (Å²) in [5.41, 5.74) is 2.14. The molecule has 2 aromatic carbocycles. The average molecular weight is 310 g/mol. The molecule has 4 nitrogen and oxygen atoms in total. The van der Waals surface area contributed by atoms with Crippen molar-refractivity contribution < 1.29 is 9.47 Å². The number of methoxy groups -OCH3 is 1. The Hall–Kier alpha value is -2.67. The predicted molar refractivity (Wildman–Crippen MR) is 92.2 cm³/mol. The number of nitriles is 1. The largest absolute Gasteiger partial charge is 0.497 e. The minimum Gasteiger partial charge on any atom is -0.497 e. The third-order valence-electron chi connectivity index (χ3n) is 3.68. The van der Waals surface area contributed by atoms with Gasteiger partial charge in [0.05, 0.1) is 25.7 Å². The molecule has 2 rings (SSSR count). The first-order valence-corrected chi connectivity index (χ1v) is 7.58. The molecule has 120 valence electrons. The number of benzene rings is 2. The van der Waals surface area contributed by atoms with Crippen LogP contribution in [-0.4, -0.2) is 27.8 Å². The van der Waals surface area contributed by atoms with Gasteiger partial charge < -0.3 is 14.4 Å². The van der Waals surface area contributed by atoms with Gasteiger partial charge in [0, 0.05) is 32.3 Å². The van der Waals surface area contributed by atoms with E-state index in [1.807, 2.05) is 67.5 Å².